The minimum absolute atomic E-state index is 0.648. The molecule has 2 nitrogen and oxygen atoms in total. The molecule has 94 valence electrons. The van der Waals surface area contributed by atoms with E-state index < -0.39 is 0 Å². The summed E-state index contributed by atoms with van der Waals surface area (Å²) in [7, 11) is 0. The molecule has 0 amide bonds. The van der Waals surface area contributed by atoms with Gasteiger partial charge in [-0.3, -0.25) is 0 Å². The van der Waals surface area contributed by atoms with E-state index in [2.05, 4.69) is 31.0 Å². The summed E-state index contributed by atoms with van der Waals surface area (Å²) >= 11 is 0. The van der Waals surface area contributed by atoms with E-state index >= 15 is 0 Å². The second-order valence-corrected chi connectivity index (χ2v) is 6.60. The van der Waals surface area contributed by atoms with E-state index in [1.807, 2.05) is 0 Å². The Morgan fingerprint density at radius 1 is 1.31 bits per heavy atom. The second kappa shape index (κ2) is 5.05. The predicted octanol–water partition coefficient (Wildman–Crippen LogP) is 2.50. The number of rotatable bonds is 2. The minimum atomic E-state index is 0.648. The molecule has 2 aliphatic rings. The average molecular weight is 224 g/mol. The van der Waals surface area contributed by atoms with Crippen molar-refractivity contribution in [1.29, 1.82) is 0 Å². The molecule has 0 aromatic heterocycles. The van der Waals surface area contributed by atoms with E-state index in [9.17, 15) is 0 Å². The van der Waals surface area contributed by atoms with Crippen LogP contribution in [-0.2, 0) is 0 Å². The van der Waals surface area contributed by atoms with Gasteiger partial charge >= 0.3 is 0 Å². The van der Waals surface area contributed by atoms with Crippen LogP contribution in [0.4, 0.5) is 0 Å². The summed E-state index contributed by atoms with van der Waals surface area (Å²) in [4.78, 5) is 2.72. The highest BCUT2D eigenvalue weighted by atomic mass is 15.1. The maximum Gasteiger partial charge on any atom is 0.00510 e. The van der Waals surface area contributed by atoms with E-state index in [1.54, 1.807) is 0 Å². The van der Waals surface area contributed by atoms with Gasteiger partial charge in [-0.05, 0) is 50.6 Å². The molecule has 0 spiro atoms. The Balaban J connectivity index is 1.86. The van der Waals surface area contributed by atoms with Gasteiger partial charge in [-0.15, -0.1) is 0 Å². The summed E-state index contributed by atoms with van der Waals surface area (Å²) in [5.74, 6) is 0.798. The molecule has 0 aromatic rings. The van der Waals surface area contributed by atoms with Gasteiger partial charge in [0.2, 0.25) is 0 Å². The van der Waals surface area contributed by atoms with E-state index in [0.29, 0.717) is 11.5 Å². The van der Waals surface area contributed by atoms with Crippen LogP contribution in [0, 0.1) is 11.3 Å². The molecule has 2 fully saturated rings. The van der Waals surface area contributed by atoms with Crippen LogP contribution < -0.4 is 5.32 Å². The SMILES string of the molecule is CC1CNC(C)CCN(CC2(C)CCC2)C1. The molecule has 1 saturated carbocycles. The standard InChI is InChI=1S/C14H28N2/c1-12-9-15-13(2)5-8-16(10-12)11-14(3)6-4-7-14/h12-13,15H,4-11H2,1-3H3. The first-order chi connectivity index (χ1) is 7.57. The van der Waals surface area contributed by atoms with E-state index in [-0.39, 0.29) is 0 Å². The highest BCUT2D eigenvalue weighted by Crippen LogP contribution is 2.41. The summed E-state index contributed by atoms with van der Waals surface area (Å²) in [5.41, 5.74) is 0.648. The minimum Gasteiger partial charge on any atom is -0.314 e. The van der Waals surface area contributed by atoms with Gasteiger partial charge in [0, 0.05) is 19.1 Å². The molecule has 1 aliphatic heterocycles. The zero-order valence-corrected chi connectivity index (χ0v) is 11.3. The third-order valence-corrected chi connectivity index (χ3v) is 4.43. The Kier molecular flexibility index (Phi) is 3.91. The molecule has 2 unspecified atom stereocenters. The lowest BCUT2D eigenvalue weighted by Crippen LogP contribution is -2.47. The highest BCUT2D eigenvalue weighted by molar-refractivity contribution is 4.87. The van der Waals surface area contributed by atoms with Gasteiger partial charge in [-0.2, -0.15) is 0 Å². The fourth-order valence-corrected chi connectivity index (χ4v) is 3.10. The molecule has 0 aromatic carbocycles. The van der Waals surface area contributed by atoms with Crippen molar-refractivity contribution in [2.24, 2.45) is 11.3 Å². The van der Waals surface area contributed by atoms with Crippen LogP contribution in [0.2, 0.25) is 0 Å². The topological polar surface area (TPSA) is 15.3 Å². The summed E-state index contributed by atoms with van der Waals surface area (Å²) in [6.07, 6.45) is 5.66. The molecular formula is C14H28N2. The summed E-state index contributed by atoms with van der Waals surface area (Å²) in [6.45, 7) is 12.3. The third kappa shape index (κ3) is 3.21. The van der Waals surface area contributed by atoms with Crippen molar-refractivity contribution < 1.29 is 0 Å². The highest BCUT2D eigenvalue weighted by Gasteiger charge is 2.34. The van der Waals surface area contributed by atoms with Crippen molar-refractivity contribution in [2.45, 2.75) is 52.5 Å². The first kappa shape index (κ1) is 12.4. The van der Waals surface area contributed by atoms with E-state index in [0.717, 1.165) is 5.92 Å². The van der Waals surface area contributed by atoms with Gasteiger partial charge in [0.25, 0.3) is 0 Å². The predicted molar refractivity (Wildman–Crippen MR) is 69.6 cm³/mol. The monoisotopic (exact) mass is 224 g/mol. The molecule has 1 aliphatic carbocycles. The van der Waals surface area contributed by atoms with Crippen LogP contribution in [-0.4, -0.2) is 37.1 Å². The molecule has 2 heteroatoms. The normalized spacial score (nSPS) is 36.2. The lowest BCUT2D eigenvalue weighted by molar-refractivity contribution is 0.0701. The van der Waals surface area contributed by atoms with Crippen molar-refractivity contribution in [3.05, 3.63) is 0 Å². The Morgan fingerprint density at radius 3 is 2.69 bits per heavy atom. The van der Waals surface area contributed by atoms with Crippen LogP contribution in [0.5, 0.6) is 0 Å². The molecule has 1 heterocycles. The number of nitrogens with zero attached hydrogens (tertiary/aromatic N) is 1. The third-order valence-electron chi connectivity index (χ3n) is 4.43. The Morgan fingerprint density at radius 2 is 2.06 bits per heavy atom. The van der Waals surface area contributed by atoms with E-state index in [1.165, 1.54) is 51.9 Å². The second-order valence-electron chi connectivity index (χ2n) is 6.60. The lowest BCUT2D eigenvalue weighted by Gasteiger charge is -2.44. The molecule has 0 bridgehead atoms. The number of hydrogen-bond donors (Lipinski definition) is 1. The van der Waals surface area contributed by atoms with Crippen LogP contribution in [0.1, 0.15) is 46.5 Å². The summed E-state index contributed by atoms with van der Waals surface area (Å²) in [5, 5.41) is 3.62. The molecule has 0 radical (unpaired) electrons. The zero-order chi connectivity index (χ0) is 11.6. The van der Waals surface area contributed by atoms with Crippen molar-refractivity contribution in [3.63, 3.8) is 0 Å². The molecule has 2 rings (SSSR count). The average Bonchev–Trinajstić information content (AvgIpc) is 2.19. The van der Waals surface area contributed by atoms with Crippen LogP contribution >= 0.6 is 0 Å². The summed E-state index contributed by atoms with van der Waals surface area (Å²) in [6, 6.07) is 0.694. The van der Waals surface area contributed by atoms with Gasteiger partial charge in [0.15, 0.2) is 0 Å². The van der Waals surface area contributed by atoms with Crippen LogP contribution in [0.15, 0.2) is 0 Å². The van der Waals surface area contributed by atoms with Crippen molar-refractivity contribution in [2.75, 3.05) is 26.2 Å². The first-order valence-electron chi connectivity index (χ1n) is 7.03. The quantitative estimate of drug-likeness (QED) is 0.775. The largest absolute Gasteiger partial charge is 0.314 e. The van der Waals surface area contributed by atoms with Crippen molar-refractivity contribution in [1.82, 2.24) is 10.2 Å². The fourth-order valence-electron chi connectivity index (χ4n) is 3.10. The molecular weight excluding hydrogens is 196 g/mol. The van der Waals surface area contributed by atoms with E-state index in [4.69, 9.17) is 0 Å². The smallest absolute Gasteiger partial charge is 0.00510 e. The van der Waals surface area contributed by atoms with Crippen molar-refractivity contribution in [3.8, 4) is 0 Å². The van der Waals surface area contributed by atoms with Crippen molar-refractivity contribution >= 4 is 0 Å². The molecule has 2 atom stereocenters. The van der Waals surface area contributed by atoms with Crippen LogP contribution in [0.3, 0.4) is 0 Å². The molecule has 1 saturated heterocycles. The molecule has 16 heavy (non-hydrogen) atoms. The van der Waals surface area contributed by atoms with Gasteiger partial charge in [-0.25, -0.2) is 0 Å². The first-order valence-corrected chi connectivity index (χ1v) is 7.03. The van der Waals surface area contributed by atoms with Gasteiger partial charge < -0.3 is 10.2 Å². The molecule has 1 N–H and O–H groups in total. The number of hydrogen-bond acceptors (Lipinski definition) is 2. The summed E-state index contributed by atoms with van der Waals surface area (Å²) < 4.78 is 0. The van der Waals surface area contributed by atoms with Gasteiger partial charge in [0.05, 0.1) is 0 Å². The zero-order valence-electron chi connectivity index (χ0n) is 11.3. The number of nitrogens with one attached hydrogen (secondary N) is 1. The Labute approximate surface area is 101 Å². The van der Waals surface area contributed by atoms with Gasteiger partial charge in [-0.1, -0.05) is 20.3 Å². The Bertz CT molecular complexity index is 223. The maximum atomic E-state index is 3.62. The Hall–Kier alpha value is -0.0800. The fraction of sp³-hybridized carbons (Fsp3) is 1.00. The van der Waals surface area contributed by atoms with Gasteiger partial charge in [0.1, 0.15) is 0 Å². The maximum absolute atomic E-state index is 3.62. The lowest BCUT2D eigenvalue weighted by atomic mass is 9.70. The van der Waals surface area contributed by atoms with Crippen LogP contribution in [0.25, 0.3) is 0 Å².